The van der Waals surface area contributed by atoms with Crippen LogP contribution in [0.15, 0.2) is 64.7 Å². The summed E-state index contributed by atoms with van der Waals surface area (Å²) in [5.41, 5.74) is 4.41. The lowest BCUT2D eigenvalue weighted by atomic mass is 9.73. The maximum atomic E-state index is 13.7. The van der Waals surface area contributed by atoms with Gasteiger partial charge in [-0.3, -0.25) is 9.59 Å². The molecule has 2 aliphatic heterocycles. The van der Waals surface area contributed by atoms with Crippen molar-refractivity contribution >= 4 is 46.3 Å². The number of hydrogen-bond donors (Lipinski definition) is 1. The standard InChI is InChI=1S/C43H55NO6S2/c1-8-9-10-12-28-22-36(46)39(33-21-27(4)14-17-32(33)26(2)3)37(23-28)49-38(51)19-16-29-15-18-35-34(25-30(45)24-31-13-11-20-52-31)41(47)44(35)40(29)42(48)50-43(5,6)7/h11,13,20-23,32-35,46H,2,8-10,12,14-19,24-25H2,1,3-7H3/t32-,33+,34-,35+/m0/s1. The lowest BCUT2D eigenvalue weighted by molar-refractivity contribution is -0.165. The van der Waals surface area contributed by atoms with Gasteiger partial charge < -0.3 is 19.5 Å². The van der Waals surface area contributed by atoms with Gasteiger partial charge in [0.15, 0.2) is 5.05 Å². The number of nitrogens with zero attached hydrogens (tertiary/aromatic N) is 1. The second-order valence-corrected chi connectivity index (χ2v) is 17.3. The Morgan fingerprint density at radius 1 is 1.13 bits per heavy atom. The molecular weight excluding hydrogens is 691 g/mol. The van der Waals surface area contributed by atoms with Crippen LogP contribution in [0, 0.1) is 11.8 Å². The quantitative estimate of drug-likeness (QED) is 0.0638. The van der Waals surface area contributed by atoms with Crippen molar-refractivity contribution in [3.05, 3.63) is 80.7 Å². The predicted octanol–water partition coefficient (Wildman–Crippen LogP) is 10.1. The van der Waals surface area contributed by atoms with Gasteiger partial charge in [0, 0.05) is 41.7 Å². The van der Waals surface area contributed by atoms with Gasteiger partial charge in [0.25, 0.3) is 0 Å². The van der Waals surface area contributed by atoms with Crippen LogP contribution < -0.4 is 4.74 Å². The zero-order chi connectivity index (χ0) is 37.7. The number of aromatic hydroxyl groups is 1. The number of hydrogen-bond acceptors (Lipinski definition) is 8. The molecule has 0 unspecified atom stereocenters. The number of aryl methyl sites for hydroxylation is 1. The van der Waals surface area contributed by atoms with Crippen LogP contribution in [-0.2, 0) is 32.0 Å². The number of Topliss-reactive ketones (excluding diaryl/α,β-unsaturated/α-hetero) is 1. The van der Waals surface area contributed by atoms with E-state index in [-0.39, 0.29) is 47.4 Å². The molecule has 1 fully saturated rings. The highest BCUT2D eigenvalue weighted by molar-refractivity contribution is 7.80. The van der Waals surface area contributed by atoms with Gasteiger partial charge in [-0.25, -0.2) is 4.79 Å². The number of unbranched alkanes of at least 4 members (excludes halogenated alkanes) is 2. The summed E-state index contributed by atoms with van der Waals surface area (Å²) in [4.78, 5) is 42.8. The number of ketones is 1. The van der Waals surface area contributed by atoms with E-state index in [1.165, 1.54) is 16.9 Å². The maximum absolute atomic E-state index is 13.7. The molecular formula is C43H55NO6S2. The van der Waals surface area contributed by atoms with Crippen LogP contribution in [0.5, 0.6) is 11.5 Å². The van der Waals surface area contributed by atoms with Gasteiger partial charge in [0.05, 0.1) is 5.92 Å². The Hall–Kier alpha value is -3.56. The molecule has 9 heteroatoms. The molecule has 1 aromatic heterocycles. The Labute approximate surface area is 319 Å². The van der Waals surface area contributed by atoms with Gasteiger partial charge in [-0.05, 0) is 132 Å². The molecule has 1 aliphatic carbocycles. The molecule has 4 atom stereocenters. The van der Waals surface area contributed by atoms with Crippen molar-refractivity contribution < 1.29 is 29.0 Å². The van der Waals surface area contributed by atoms with Gasteiger partial charge >= 0.3 is 5.97 Å². The third-order valence-electron chi connectivity index (χ3n) is 10.5. The van der Waals surface area contributed by atoms with E-state index in [1.807, 2.05) is 57.3 Å². The number of ether oxygens (including phenoxy) is 2. The van der Waals surface area contributed by atoms with Crippen molar-refractivity contribution in [3.8, 4) is 11.5 Å². The number of benzene rings is 1. The molecule has 5 rings (SSSR count). The van der Waals surface area contributed by atoms with Gasteiger partial charge in [-0.15, -0.1) is 11.3 Å². The summed E-state index contributed by atoms with van der Waals surface area (Å²) in [5.74, 6) is -0.293. The van der Waals surface area contributed by atoms with Gasteiger partial charge in [-0.1, -0.05) is 49.6 Å². The predicted molar refractivity (Wildman–Crippen MR) is 212 cm³/mol. The lowest BCUT2D eigenvalue weighted by Crippen LogP contribution is -2.63. The van der Waals surface area contributed by atoms with E-state index in [0.717, 1.165) is 65.7 Å². The molecule has 0 saturated carbocycles. The molecule has 1 saturated heterocycles. The average Bonchev–Trinajstić information content (AvgIpc) is 3.57. The number of fused-ring (bicyclic) bond motifs is 1. The van der Waals surface area contributed by atoms with E-state index in [0.29, 0.717) is 42.9 Å². The highest BCUT2D eigenvalue weighted by Crippen LogP contribution is 2.48. The third-order valence-corrected chi connectivity index (χ3v) is 11.6. The van der Waals surface area contributed by atoms with Crippen molar-refractivity contribution in [2.45, 2.75) is 136 Å². The van der Waals surface area contributed by atoms with Crippen LogP contribution >= 0.6 is 23.6 Å². The lowest BCUT2D eigenvalue weighted by Gasteiger charge is -2.51. The second kappa shape index (κ2) is 17.1. The summed E-state index contributed by atoms with van der Waals surface area (Å²) in [6.45, 7) is 16.1. The number of thiocarbonyl (C=S) groups is 1. The normalized spacial score (nSPS) is 21.6. The monoisotopic (exact) mass is 745 g/mol. The number of carbonyl (C=O) groups is 3. The van der Waals surface area contributed by atoms with Crippen molar-refractivity contribution in [2.75, 3.05) is 0 Å². The topological polar surface area (TPSA) is 93.1 Å². The van der Waals surface area contributed by atoms with E-state index in [2.05, 4.69) is 26.5 Å². The number of allylic oxidation sites excluding steroid dienone is 4. The molecule has 2 aromatic rings. The van der Waals surface area contributed by atoms with Crippen LogP contribution in [0.2, 0.25) is 0 Å². The number of phenols is 1. The molecule has 52 heavy (non-hydrogen) atoms. The number of β-lactam (4-membered cyclic amide) rings is 1. The maximum Gasteiger partial charge on any atom is 0.355 e. The first-order valence-corrected chi connectivity index (χ1v) is 20.2. The first kappa shape index (κ1) is 39.6. The van der Waals surface area contributed by atoms with Crippen molar-refractivity contribution in [1.29, 1.82) is 0 Å². The molecule has 280 valence electrons. The molecule has 7 nitrogen and oxygen atoms in total. The Morgan fingerprint density at radius 3 is 2.58 bits per heavy atom. The molecule has 0 spiro atoms. The van der Waals surface area contributed by atoms with Crippen LogP contribution in [0.3, 0.4) is 0 Å². The minimum atomic E-state index is -0.751. The summed E-state index contributed by atoms with van der Waals surface area (Å²) in [6, 6.07) is 7.53. The van der Waals surface area contributed by atoms with E-state index < -0.39 is 17.5 Å². The van der Waals surface area contributed by atoms with Gasteiger partial charge in [0.2, 0.25) is 5.91 Å². The van der Waals surface area contributed by atoms with E-state index >= 15 is 0 Å². The average molecular weight is 746 g/mol. The number of phenolic OH excluding ortho intramolecular Hbond substituents is 1. The zero-order valence-electron chi connectivity index (χ0n) is 31.7. The van der Waals surface area contributed by atoms with Gasteiger partial charge in [-0.2, -0.15) is 0 Å². The smallest absolute Gasteiger partial charge is 0.355 e. The second-order valence-electron chi connectivity index (χ2n) is 15.9. The molecule has 0 bridgehead atoms. The molecule has 0 radical (unpaired) electrons. The Morgan fingerprint density at radius 2 is 1.90 bits per heavy atom. The first-order chi connectivity index (χ1) is 24.7. The van der Waals surface area contributed by atoms with Crippen molar-refractivity contribution in [1.82, 2.24) is 4.90 Å². The largest absolute Gasteiger partial charge is 0.507 e. The highest BCUT2D eigenvalue weighted by Gasteiger charge is 2.53. The van der Waals surface area contributed by atoms with Crippen LogP contribution in [0.4, 0.5) is 0 Å². The Balaban J connectivity index is 1.37. The minimum absolute atomic E-state index is 0.0323. The van der Waals surface area contributed by atoms with Crippen molar-refractivity contribution in [3.63, 3.8) is 0 Å². The molecule has 3 aliphatic rings. The van der Waals surface area contributed by atoms with Crippen LogP contribution in [-0.4, -0.2) is 44.4 Å². The molecule has 1 amide bonds. The number of carbonyl (C=O) groups excluding carboxylic acids is 3. The van der Waals surface area contributed by atoms with Crippen molar-refractivity contribution in [2.24, 2.45) is 11.8 Å². The Kier molecular flexibility index (Phi) is 13.0. The molecule has 1 N–H and O–H groups in total. The summed E-state index contributed by atoms with van der Waals surface area (Å²) in [5, 5.41) is 13.8. The molecule has 3 heterocycles. The highest BCUT2D eigenvalue weighted by atomic mass is 32.1. The summed E-state index contributed by atoms with van der Waals surface area (Å²) in [7, 11) is 0. The minimum Gasteiger partial charge on any atom is -0.507 e. The van der Waals surface area contributed by atoms with E-state index in [4.69, 9.17) is 21.7 Å². The van der Waals surface area contributed by atoms with Gasteiger partial charge in [0.1, 0.15) is 28.6 Å². The van der Waals surface area contributed by atoms with Crippen LogP contribution in [0.1, 0.15) is 128 Å². The van der Waals surface area contributed by atoms with E-state index in [9.17, 15) is 19.5 Å². The fourth-order valence-corrected chi connectivity index (χ4v) is 8.85. The fourth-order valence-electron chi connectivity index (χ4n) is 7.93. The zero-order valence-corrected chi connectivity index (χ0v) is 33.4. The first-order valence-electron chi connectivity index (χ1n) is 18.9. The fraction of sp³-hybridized carbons (Fsp3) is 0.535. The third kappa shape index (κ3) is 9.51. The number of esters is 1. The number of amides is 1. The molecule has 1 aromatic carbocycles. The summed E-state index contributed by atoms with van der Waals surface area (Å²) >= 11 is 7.40. The number of thiophene rings is 1. The van der Waals surface area contributed by atoms with E-state index in [1.54, 1.807) is 4.90 Å². The Bertz CT molecular complexity index is 1750. The SMILES string of the molecule is C=C(C)[C@@H]1CCC(C)=C[C@H]1c1c(O)cc(CCCCC)cc1OC(=S)CCC1=C(C(=O)OC(C)(C)C)N2C(=O)[C@@H](CC(=O)Cc3cccs3)[C@H]2CC1. The summed E-state index contributed by atoms with van der Waals surface area (Å²) < 4.78 is 12.3. The summed E-state index contributed by atoms with van der Waals surface area (Å²) in [6.07, 6.45) is 10.7. The number of rotatable bonds is 15. The van der Waals surface area contributed by atoms with Crippen LogP contribution in [0.25, 0.3) is 0 Å².